The number of ether oxygens (including phenoxy) is 2. The number of rotatable bonds is 5. The lowest BCUT2D eigenvalue weighted by Crippen LogP contribution is -2.02. The minimum atomic E-state index is 0.424. The van der Waals surface area contributed by atoms with Crippen molar-refractivity contribution >= 4 is 11.6 Å². The number of benzene rings is 1. The predicted octanol–water partition coefficient (Wildman–Crippen LogP) is 4.02. The van der Waals surface area contributed by atoms with E-state index in [0.29, 0.717) is 18.1 Å². The largest absolute Gasteiger partial charge is 0.497 e. The molecule has 0 N–H and O–H groups in total. The first-order valence-electron chi connectivity index (χ1n) is 6.14. The van der Waals surface area contributed by atoms with Gasteiger partial charge in [0.2, 0.25) is 0 Å². The van der Waals surface area contributed by atoms with Crippen molar-refractivity contribution in [3.05, 3.63) is 28.8 Å². The first-order chi connectivity index (χ1) is 8.15. The fraction of sp³-hybridized carbons (Fsp3) is 0.571. The summed E-state index contributed by atoms with van der Waals surface area (Å²) >= 11 is 6.26. The van der Waals surface area contributed by atoms with Crippen LogP contribution in [0.15, 0.2) is 18.2 Å². The molecule has 3 unspecified atom stereocenters. The van der Waals surface area contributed by atoms with Gasteiger partial charge in [-0.1, -0.05) is 31.5 Å². The third-order valence-electron chi connectivity index (χ3n) is 3.41. The summed E-state index contributed by atoms with van der Waals surface area (Å²) in [5.41, 5.74) is 1.18. The van der Waals surface area contributed by atoms with E-state index in [0.717, 1.165) is 23.6 Å². The van der Waals surface area contributed by atoms with Gasteiger partial charge in [-0.25, -0.2) is 0 Å². The van der Waals surface area contributed by atoms with Gasteiger partial charge in [0.1, 0.15) is 5.75 Å². The zero-order valence-corrected chi connectivity index (χ0v) is 11.3. The van der Waals surface area contributed by atoms with Crippen LogP contribution in [-0.4, -0.2) is 19.3 Å². The first-order valence-corrected chi connectivity index (χ1v) is 6.52. The van der Waals surface area contributed by atoms with E-state index < -0.39 is 0 Å². The van der Waals surface area contributed by atoms with Gasteiger partial charge in [-0.05, 0) is 36.5 Å². The van der Waals surface area contributed by atoms with E-state index in [1.807, 2.05) is 12.1 Å². The zero-order valence-electron chi connectivity index (χ0n) is 10.6. The summed E-state index contributed by atoms with van der Waals surface area (Å²) in [4.78, 5) is 0. The second-order valence-corrected chi connectivity index (χ2v) is 5.05. The second kappa shape index (κ2) is 5.28. The van der Waals surface area contributed by atoms with E-state index in [2.05, 4.69) is 19.9 Å². The highest BCUT2D eigenvalue weighted by Gasteiger charge is 2.38. The highest BCUT2D eigenvalue weighted by molar-refractivity contribution is 6.31. The minimum Gasteiger partial charge on any atom is -0.497 e. The van der Waals surface area contributed by atoms with Gasteiger partial charge in [0, 0.05) is 5.02 Å². The van der Waals surface area contributed by atoms with Crippen LogP contribution in [-0.2, 0) is 4.74 Å². The molecule has 0 bridgehead atoms. The molecular weight excluding hydrogens is 236 g/mol. The molecule has 0 spiro atoms. The van der Waals surface area contributed by atoms with Gasteiger partial charge in [-0.3, -0.25) is 0 Å². The van der Waals surface area contributed by atoms with Crippen LogP contribution in [0.1, 0.15) is 38.2 Å². The Bertz CT molecular complexity index is 392. The normalized spacial score (nSPS) is 24.5. The predicted molar refractivity (Wildman–Crippen MR) is 70.0 cm³/mol. The molecule has 1 aromatic rings. The van der Waals surface area contributed by atoms with Crippen molar-refractivity contribution in [2.45, 2.75) is 44.8 Å². The van der Waals surface area contributed by atoms with E-state index in [1.54, 1.807) is 7.11 Å². The summed E-state index contributed by atoms with van der Waals surface area (Å²) in [5, 5.41) is 0.783. The lowest BCUT2D eigenvalue weighted by atomic mass is 9.95. The van der Waals surface area contributed by atoms with Crippen LogP contribution in [0.2, 0.25) is 5.02 Å². The van der Waals surface area contributed by atoms with Crippen LogP contribution in [0.4, 0.5) is 0 Å². The van der Waals surface area contributed by atoms with Gasteiger partial charge in [0.25, 0.3) is 0 Å². The van der Waals surface area contributed by atoms with Crippen LogP contribution in [0.3, 0.4) is 0 Å². The fourth-order valence-corrected chi connectivity index (χ4v) is 2.61. The molecule has 0 aromatic heterocycles. The molecule has 94 valence electrons. The monoisotopic (exact) mass is 254 g/mol. The third kappa shape index (κ3) is 2.93. The lowest BCUT2D eigenvalue weighted by Gasteiger charge is -2.13. The molecule has 0 saturated carbocycles. The molecule has 17 heavy (non-hydrogen) atoms. The average molecular weight is 255 g/mol. The van der Waals surface area contributed by atoms with Crippen LogP contribution in [0, 0.1) is 0 Å². The zero-order chi connectivity index (χ0) is 12.4. The van der Waals surface area contributed by atoms with Crippen LogP contribution in [0.5, 0.6) is 5.75 Å². The van der Waals surface area contributed by atoms with E-state index in [9.17, 15) is 0 Å². The Balaban J connectivity index is 2.01. The SMILES string of the molecule is CCC1OC1CC(C)c1ccc(OC)cc1Cl. The van der Waals surface area contributed by atoms with Gasteiger partial charge in [0.05, 0.1) is 19.3 Å². The molecule has 1 heterocycles. The van der Waals surface area contributed by atoms with E-state index in [4.69, 9.17) is 21.1 Å². The molecule has 1 aromatic carbocycles. The fourth-order valence-electron chi connectivity index (χ4n) is 2.26. The van der Waals surface area contributed by atoms with Crippen molar-refractivity contribution in [2.75, 3.05) is 7.11 Å². The van der Waals surface area contributed by atoms with Gasteiger partial charge in [0.15, 0.2) is 0 Å². The number of epoxide rings is 1. The molecule has 1 fully saturated rings. The quantitative estimate of drug-likeness (QED) is 0.741. The number of hydrogen-bond donors (Lipinski definition) is 0. The molecule has 0 radical (unpaired) electrons. The number of halogens is 1. The van der Waals surface area contributed by atoms with Crippen molar-refractivity contribution in [3.8, 4) is 5.75 Å². The molecule has 1 aliphatic heterocycles. The lowest BCUT2D eigenvalue weighted by molar-refractivity contribution is 0.353. The van der Waals surface area contributed by atoms with Crippen molar-refractivity contribution < 1.29 is 9.47 Å². The summed E-state index contributed by atoms with van der Waals surface area (Å²) in [5.74, 6) is 1.23. The van der Waals surface area contributed by atoms with E-state index in [1.165, 1.54) is 5.56 Å². The van der Waals surface area contributed by atoms with Gasteiger partial charge < -0.3 is 9.47 Å². The van der Waals surface area contributed by atoms with E-state index in [-0.39, 0.29) is 0 Å². The highest BCUT2D eigenvalue weighted by atomic mass is 35.5. The number of methoxy groups -OCH3 is 1. The van der Waals surface area contributed by atoms with Crippen LogP contribution < -0.4 is 4.74 Å². The first kappa shape index (κ1) is 12.7. The Morgan fingerprint density at radius 2 is 2.18 bits per heavy atom. The molecule has 1 aliphatic rings. The molecule has 3 atom stereocenters. The summed E-state index contributed by atoms with van der Waals surface area (Å²) in [6, 6.07) is 5.89. The second-order valence-electron chi connectivity index (χ2n) is 4.65. The summed E-state index contributed by atoms with van der Waals surface area (Å²) in [6.07, 6.45) is 3.04. The molecule has 0 amide bonds. The summed E-state index contributed by atoms with van der Waals surface area (Å²) in [7, 11) is 1.65. The van der Waals surface area contributed by atoms with Gasteiger partial charge in [-0.15, -0.1) is 0 Å². The van der Waals surface area contributed by atoms with Crippen LogP contribution >= 0.6 is 11.6 Å². The summed E-state index contributed by atoms with van der Waals surface area (Å²) < 4.78 is 10.7. The van der Waals surface area contributed by atoms with Crippen LogP contribution in [0.25, 0.3) is 0 Å². The molecule has 1 saturated heterocycles. The molecule has 2 nitrogen and oxygen atoms in total. The molecule has 3 heteroatoms. The summed E-state index contributed by atoms with van der Waals surface area (Å²) in [6.45, 7) is 4.36. The van der Waals surface area contributed by atoms with Crippen molar-refractivity contribution in [1.82, 2.24) is 0 Å². The maximum atomic E-state index is 6.26. The molecule has 0 aliphatic carbocycles. The third-order valence-corrected chi connectivity index (χ3v) is 3.74. The average Bonchev–Trinajstić information content (AvgIpc) is 3.07. The maximum absolute atomic E-state index is 6.26. The van der Waals surface area contributed by atoms with Crippen molar-refractivity contribution in [1.29, 1.82) is 0 Å². The number of hydrogen-bond acceptors (Lipinski definition) is 2. The minimum absolute atomic E-state index is 0.424. The smallest absolute Gasteiger partial charge is 0.120 e. The maximum Gasteiger partial charge on any atom is 0.120 e. The Kier molecular flexibility index (Phi) is 3.95. The Morgan fingerprint density at radius 3 is 2.71 bits per heavy atom. The molecular formula is C14H19ClO2. The van der Waals surface area contributed by atoms with Crippen molar-refractivity contribution in [2.24, 2.45) is 0 Å². The highest BCUT2D eigenvalue weighted by Crippen LogP contribution is 2.37. The Hall–Kier alpha value is -0.730. The van der Waals surface area contributed by atoms with Crippen molar-refractivity contribution in [3.63, 3.8) is 0 Å². The topological polar surface area (TPSA) is 21.8 Å². The van der Waals surface area contributed by atoms with E-state index >= 15 is 0 Å². The van der Waals surface area contributed by atoms with Gasteiger partial charge >= 0.3 is 0 Å². The Labute approximate surface area is 108 Å². The standard InChI is InChI=1S/C14H19ClO2/c1-4-13-14(17-13)7-9(2)11-6-5-10(16-3)8-12(11)15/h5-6,8-9,13-14H,4,7H2,1-3H3. The van der Waals surface area contributed by atoms with Gasteiger partial charge in [-0.2, -0.15) is 0 Å². The molecule has 2 rings (SSSR count). The Morgan fingerprint density at radius 1 is 1.41 bits per heavy atom.